The summed E-state index contributed by atoms with van der Waals surface area (Å²) in [5, 5.41) is 11.4. The Kier molecular flexibility index (Phi) is 4.44. The number of carbonyl (C=O) groups is 2. The molecule has 0 aliphatic heterocycles. The number of carbonyl (C=O) groups excluding carboxylic acids is 1. The highest BCUT2D eigenvalue weighted by Crippen LogP contribution is 2.05. The molecule has 0 aliphatic rings. The van der Waals surface area contributed by atoms with Crippen LogP contribution in [0.25, 0.3) is 0 Å². The fourth-order valence-electron chi connectivity index (χ4n) is 1.16. The zero-order chi connectivity index (χ0) is 12.0. The van der Waals surface area contributed by atoms with Crippen LogP contribution in [-0.2, 0) is 4.79 Å². The van der Waals surface area contributed by atoms with Crippen LogP contribution in [0.4, 0.5) is 5.82 Å². The number of aliphatic carboxylic acids is 1. The third-order valence-electron chi connectivity index (χ3n) is 2.04. The molecule has 5 nitrogen and oxygen atoms in total. The van der Waals surface area contributed by atoms with Crippen LogP contribution in [0.3, 0.4) is 0 Å². The van der Waals surface area contributed by atoms with E-state index in [1.807, 2.05) is 0 Å². The van der Waals surface area contributed by atoms with Gasteiger partial charge in [0.25, 0.3) is 0 Å². The van der Waals surface area contributed by atoms with Crippen molar-refractivity contribution in [2.24, 2.45) is 0 Å². The topological polar surface area (TPSA) is 79.3 Å². The van der Waals surface area contributed by atoms with Gasteiger partial charge in [-0.15, -0.1) is 0 Å². The second-order valence-electron chi connectivity index (χ2n) is 3.41. The Morgan fingerprint density at radius 3 is 2.69 bits per heavy atom. The van der Waals surface area contributed by atoms with Gasteiger partial charge in [-0.2, -0.15) is 0 Å². The predicted molar refractivity (Wildman–Crippen MR) is 59.6 cm³/mol. The average molecular weight is 222 g/mol. The maximum absolute atomic E-state index is 11.0. The van der Waals surface area contributed by atoms with E-state index in [2.05, 4.69) is 10.3 Å². The molecule has 0 fully saturated rings. The summed E-state index contributed by atoms with van der Waals surface area (Å²) in [6.45, 7) is 2.04. The van der Waals surface area contributed by atoms with E-state index in [1.165, 1.54) is 13.1 Å². The molecule has 2 N–H and O–H groups in total. The average Bonchev–Trinajstić information content (AvgIpc) is 2.25. The summed E-state index contributed by atoms with van der Waals surface area (Å²) in [6, 6.07) is 3.40. The van der Waals surface area contributed by atoms with Gasteiger partial charge in [0, 0.05) is 24.7 Å². The van der Waals surface area contributed by atoms with Crippen LogP contribution in [0.1, 0.15) is 30.1 Å². The molecule has 1 rings (SSSR count). The Labute approximate surface area is 93.5 Å². The molecule has 0 saturated carbocycles. The van der Waals surface area contributed by atoms with E-state index in [4.69, 9.17) is 5.11 Å². The first-order valence-electron chi connectivity index (χ1n) is 5.02. The summed E-state index contributed by atoms with van der Waals surface area (Å²) in [5.41, 5.74) is 0.566. The van der Waals surface area contributed by atoms with Gasteiger partial charge in [-0.1, -0.05) is 0 Å². The molecule has 0 unspecified atom stereocenters. The Morgan fingerprint density at radius 1 is 1.44 bits per heavy atom. The van der Waals surface area contributed by atoms with Crippen LogP contribution < -0.4 is 5.32 Å². The third-order valence-corrected chi connectivity index (χ3v) is 2.04. The van der Waals surface area contributed by atoms with Crippen molar-refractivity contribution >= 4 is 17.6 Å². The number of carboxylic acid groups (broad SMARTS) is 1. The molecule has 5 heteroatoms. The summed E-state index contributed by atoms with van der Waals surface area (Å²) >= 11 is 0. The van der Waals surface area contributed by atoms with Crippen molar-refractivity contribution in [1.29, 1.82) is 0 Å². The largest absolute Gasteiger partial charge is 0.481 e. The van der Waals surface area contributed by atoms with Gasteiger partial charge >= 0.3 is 5.97 Å². The molecule has 0 spiro atoms. The number of pyridine rings is 1. The Morgan fingerprint density at radius 2 is 2.19 bits per heavy atom. The second kappa shape index (κ2) is 5.85. The Bertz CT molecular complexity index is 373. The van der Waals surface area contributed by atoms with Crippen LogP contribution in [0, 0.1) is 0 Å². The number of hydrogen-bond donors (Lipinski definition) is 2. The van der Waals surface area contributed by atoms with Gasteiger partial charge in [0.2, 0.25) is 0 Å². The molecule has 1 aromatic rings. The lowest BCUT2D eigenvalue weighted by atomic mass is 10.2. The molecule has 0 aromatic carbocycles. The van der Waals surface area contributed by atoms with Crippen molar-refractivity contribution < 1.29 is 14.7 Å². The summed E-state index contributed by atoms with van der Waals surface area (Å²) in [5.74, 6) is -0.179. The quantitative estimate of drug-likeness (QED) is 0.564. The molecular weight excluding hydrogens is 208 g/mol. The highest BCUT2D eigenvalue weighted by atomic mass is 16.4. The van der Waals surface area contributed by atoms with Gasteiger partial charge in [0.1, 0.15) is 5.82 Å². The number of Topliss-reactive ketones (excluding diaryl/α,β-unsaturated/α-hetero) is 1. The lowest BCUT2D eigenvalue weighted by Gasteiger charge is -2.04. The first-order valence-corrected chi connectivity index (χ1v) is 5.02. The normalized spacial score (nSPS) is 9.81. The van der Waals surface area contributed by atoms with Crippen molar-refractivity contribution in [3.05, 3.63) is 23.9 Å². The second-order valence-corrected chi connectivity index (χ2v) is 3.41. The van der Waals surface area contributed by atoms with Crippen molar-refractivity contribution in [2.45, 2.75) is 19.8 Å². The van der Waals surface area contributed by atoms with Gasteiger partial charge in [0.15, 0.2) is 5.78 Å². The van der Waals surface area contributed by atoms with Crippen LogP contribution in [-0.4, -0.2) is 28.4 Å². The van der Waals surface area contributed by atoms with Gasteiger partial charge in [-0.3, -0.25) is 9.59 Å². The van der Waals surface area contributed by atoms with E-state index >= 15 is 0 Å². The maximum atomic E-state index is 11.0. The number of nitrogens with zero attached hydrogens (tertiary/aromatic N) is 1. The number of carboxylic acids is 1. The van der Waals surface area contributed by atoms with Crippen molar-refractivity contribution in [3.63, 3.8) is 0 Å². The maximum Gasteiger partial charge on any atom is 0.303 e. The van der Waals surface area contributed by atoms with Crippen LogP contribution >= 0.6 is 0 Å². The summed E-state index contributed by atoms with van der Waals surface area (Å²) in [4.78, 5) is 25.3. The minimum absolute atomic E-state index is 0.0232. The first-order chi connectivity index (χ1) is 7.59. The summed E-state index contributed by atoms with van der Waals surface area (Å²) in [6.07, 6.45) is 2.19. The molecular formula is C11H14N2O3. The minimum Gasteiger partial charge on any atom is -0.481 e. The number of nitrogens with one attached hydrogen (secondary N) is 1. The fraction of sp³-hybridized carbons (Fsp3) is 0.364. The Balaban J connectivity index is 2.38. The molecule has 0 atom stereocenters. The number of aromatic nitrogens is 1. The van der Waals surface area contributed by atoms with E-state index in [0.29, 0.717) is 24.3 Å². The van der Waals surface area contributed by atoms with E-state index in [9.17, 15) is 9.59 Å². The zero-order valence-corrected chi connectivity index (χ0v) is 9.06. The molecule has 0 amide bonds. The van der Waals surface area contributed by atoms with E-state index in [-0.39, 0.29) is 12.2 Å². The van der Waals surface area contributed by atoms with Crippen molar-refractivity contribution in [2.75, 3.05) is 11.9 Å². The number of ketones is 1. The minimum atomic E-state index is -0.804. The monoisotopic (exact) mass is 222 g/mol. The van der Waals surface area contributed by atoms with Gasteiger partial charge in [-0.05, 0) is 25.5 Å². The zero-order valence-electron chi connectivity index (χ0n) is 9.06. The molecule has 0 aliphatic carbocycles. The highest BCUT2D eigenvalue weighted by molar-refractivity contribution is 5.93. The van der Waals surface area contributed by atoms with Crippen LogP contribution in [0.5, 0.6) is 0 Å². The molecule has 1 aromatic heterocycles. The first kappa shape index (κ1) is 12.2. The summed E-state index contributed by atoms with van der Waals surface area (Å²) < 4.78 is 0. The molecule has 16 heavy (non-hydrogen) atoms. The van der Waals surface area contributed by atoms with Crippen molar-refractivity contribution in [1.82, 2.24) is 4.98 Å². The van der Waals surface area contributed by atoms with Gasteiger partial charge in [-0.25, -0.2) is 4.98 Å². The smallest absolute Gasteiger partial charge is 0.303 e. The van der Waals surface area contributed by atoms with Gasteiger partial charge in [0.05, 0.1) is 0 Å². The fourth-order valence-corrected chi connectivity index (χ4v) is 1.16. The van der Waals surface area contributed by atoms with Gasteiger partial charge < -0.3 is 10.4 Å². The molecule has 86 valence electrons. The SMILES string of the molecule is CC(=O)c1ccc(NCCCC(=O)O)nc1. The Hall–Kier alpha value is -1.91. The number of rotatable bonds is 6. The van der Waals surface area contributed by atoms with E-state index in [1.54, 1.807) is 12.1 Å². The molecule has 0 saturated heterocycles. The van der Waals surface area contributed by atoms with E-state index in [0.717, 1.165) is 0 Å². The lowest BCUT2D eigenvalue weighted by molar-refractivity contribution is -0.137. The van der Waals surface area contributed by atoms with Crippen LogP contribution in [0.2, 0.25) is 0 Å². The van der Waals surface area contributed by atoms with Crippen LogP contribution in [0.15, 0.2) is 18.3 Å². The van der Waals surface area contributed by atoms with E-state index < -0.39 is 5.97 Å². The molecule has 1 heterocycles. The molecule has 0 radical (unpaired) electrons. The number of hydrogen-bond acceptors (Lipinski definition) is 4. The standard InChI is InChI=1S/C11H14N2O3/c1-8(14)9-4-5-10(13-7-9)12-6-2-3-11(15)16/h4-5,7H,2-3,6H2,1H3,(H,12,13)(H,15,16). The predicted octanol–water partition coefficient (Wildman–Crippen LogP) is 1.56. The highest BCUT2D eigenvalue weighted by Gasteiger charge is 2.00. The lowest BCUT2D eigenvalue weighted by Crippen LogP contribution is -2.06. The summed E-state index contributed by atoms with van der Waals surface area (Å²) in [7, 11) is 0. The number of anilines is 1. The molecule has 0 bridgehead atoms. The third kappa shape index (κ3) is 4.08. The van der Waals surface area contributed by atoms with Crippen molar-refractivity contribution in [3.8, 4) is 0 Å².